The quantitative estimate of drug-likeness (QED) is 0.657. The standard InChI is InChI=1S/C9H9NOS/c1-7-3-4-9(12(2)11)5-8(7)6-10/h3-5H,1-2H3. The largest absolute Gasteiger partial charge is 0.255 e. The molecule has 1 unspecified atom stereocenters. The second kappa shape index (κ2) is 3.51. The van der Waals surface area contributed by atoms with Crippen molar-refractivity contribution in [2.45, 2.75) is 11.8 Å². The van der Waals surface area contributed by atoms with Gasteiger partial charge in [-0.25, -0.2) is 0 Å². The van der Waals surface area contributed by atoms with Gasteiger partial charge in [0.05, 0.1) is 11.6 Å². The van der Waals surface area contributed by atoms with Crippen molar-refractivity contribution in [1.82, 2.24) is 0 Å². The molecule has 62 valence electrons. The molecule has 0 radical (unpaired) electrons. The highest BCUT2D eigenvalue weighted by atomic mass is 32.2. The first-order valence-electron chi connectivity index (χ1n) is 3.49. The first-order valence-corrected chi connectivity index (χ1v) is 5.05. The van der Waals surface area contributed by atoms with Crippen LogP contribution in [0, 0.1) is 18.3 Å². The third kappa shape index (κ3) is 1.72. The topological polar surface area (TPSA) is 40.9 Å². The van der Waals surface area contributed by atoms with Gasteiger partial charge < -0.3 is 0 Å². The summed E-state index contributed by atoms with van der Waals surface area (Å²) in [5.41, 5.74) is 1.52. The molecular weight excluding hydrogens is 170 g/mol. The molecule has 0 bridgehead atoms. The first kappa shape index (κ1) is 8.95. The van der Waals surface area contributed by atoms with E-state index in [2.05, 4.69) is 6.07 Å². The second-order valence-electron chi connectivity index (χ2n) is 2.54. The van der Waals surface area contributed by atoms with Gasteiger partial charge in [0.2, 0.25) is 0 Å². The van der Waals surface area contributed by atoms with Crippen molar-refractivity contribution in [2.75, 3.05) is 6.26 Å². The fourth-order valence-corrected chi connectivity index (χ4v) is 1.44. The van der Waals surface area contributed by atoms with Gasteiger partial charge in [-0.05, 0) is 24.6 Å². The van der Waals surface area contributed by atoms with E-state index in [1.165, 1.54) is 0 Å². The van der Waals surface area contributed by atoms with Crippen LogP contribution in [0.5, 0.6) is 0 Å². The van der Waals surface area contributed by atoms with E-state index in [1.807, 2.05) is 13.0 Å². The van der Waals surface area contributed by atoms with E-state index in [9.17, 15) is 4.21 Å². The maximum absolute atomic E-state index is 11.0. The van der Waals surface area contributed by atoms with Crippen LogP contribution in [-0.4, -0.2) is 10.5 Å². The van der Waals surface area contributed by atoms with Crippen LogP contribution >= 0.6 is 0 Å². The number of hydrogen-bond donors (Lipinski definition) is 0. The molecule has 0 N–H and O–H groups in total. The van der Waals surface area contributed by atoms with Gasteiger partial charge >= 0.3 is 0 Å². The van der Waals surface area contributed by atoms with Crippen LogP contribution < -0.4 is 0 Å². The summed E-state index contributed by atoms with van der Waals surface area (Å²) in [6, 6.07) is 7.33. The van der Waals surface area contributed by atoms with Crippen LogP contribution in [0.3, 0.4) is 0 Å². The van der Waals surface area contributed by atoms with Crippen molar-refractivity contribution in [3.05, 3.63) is 29.3 Å². The Kier molecular flexibility index (Phi) is 2.61. The molecule has 0 fully saturated rings. The minimum atomic E-state index is -1.00. The molecule has 1 aromatic carbocycles. The lowest BCUT2D eigenvalue weighted by Crippen LogP contribution is -1.90. The number of nitrogens with zero attached hydrogens (tertiary/aromatic N) is 1. The third-order valence-corrected chi connectivity index (χ3v) is 2.58. The predicted molar refractivity (Wildman–Crippen MR) is 48.2 cm³/mol. The van der Waals surface area contributed by atoms with Crippen molar-refractivity contribution in [3.63, 3.8) is 0 Å². The number of nitriles is 1. The third-order valence-electron chi connectivity index (χ3n) is 1.66. The van der Waals surface area contributed by atoms with Crippen molar-refractivity contribution >= 4 is 10.8 Å². The average molecular weight is 179 g/mol. The zero-order valence-corrected chi connectivity index (χ0v) is 7.81. The number of hydrogen-bond acceptors (Lipinski definition) is 2. The minimum Gasteiger partial charge on any atom is -0.255 e. The Morgan fingerprint density at radius 3 is 2.67 bits per heavy atom. The summed E-state index contributed by atoms with van der Waals surface area (Å²) in [4.78, 5) is 0.706. The molecule has 1 aromatic rings. The predicted octanol–water partition coefficient (Wildman–Crippen LogP) is 1.60. The molecule has 0 aliphatic carbocycles. The van der Waals surface area contributed by atoms with E-state index in [4.69, 9.17) is 5.26 Å². The molecule has 2 nitrogen and oxygen atoms in total. The van der Waals surface area contributed by atoms with Crippen LogP contribution in [0.25, 0.3) is 0 Å². The SMILES string of the molecule is Cc1ccc(S(C)=O)cc1C#N. The lowest BCUT2D eigenvalue weighted by molar-refractivity contribution is 0.687. The molecule has 0 aliphatic rings. The van der Waals surface area contributed by atoms with Crippen molar-refractivity contribution in [1.29, 1.82) is 5.26 Å². The van der Waals surface area contributed by atoms with Crippen LogP contribution in [0.2, 0.25) is 0 Å². The normalized spacial score (nSPS) is 12.1. The lowest BCUT2D eigenvalue weighted by atomic mass is 10.1. The summed E-state index contributed by atoms with van der Waals surface area (Å²) in [7, 11) is -1.00. The van der Waals surface area contributed by atoms with E-state index >= 15 is 0 Å². The summed E-state index contributed by atoms with van der Waals surface area (Å²) < 4.78 is 11.0. The highest BCUT2D eigenvalue weighted by molar-refractivity contribution is 7.84. The van der Waals surface area contributed by atoms with E-state index in [-0.39, 0.29) is 0 Å². The summed E-state index contributed by atoms with van der Waals surface area (Å²) in [5.74, 6) is 0. The van der Waals surface area contributed by atoms with E-state index in [0.29, 0.717) is 10.5 Å². The first-order chi connectivity index (χ1) is 5.65. The molecule has 0 spiro atoms. The van der Waals surface area contributed by atoms with E-state index < -0.39 is 10.8 Å². The molecule has 12 heavy (non-hydrogen) atoms. The van der Waals surface area contributed by atoms with Crippen LogP contribution in [-0.2, 0) is 10.8 Å². The van der Waals surface area contributed by atoms with Gasteiger partial charge in [-0.15, -0.1) is 0 Å². The molecule has 0 saturated carbocycles. The van der Waals surface area contributed by atoms with Crippen molar-refractivity contribution in [2.24, 2.45) is 0 Å². The summed E-state index contributed by atoms with van der Waals surface area (Å²) in [6.45, 7) is 1.86. The van der Waals surface area contributed by atoms with Crippen LogP contribution in [0.1, 0.15) is 11.1 Å². The van der Waals surface area contributed by atoms with E-state index in [0.717, 1.165) is 5.56 Å². The molecule has 3 heteroatoms. The highest BCUT2D eigenvalue weighted by Crippen LogP contribution is 2.12. The molecular formula is C9H9NOS. The molecule has 0 aromatic heterocycles. The van der Waals surface area contributed by atoms with Crippen molar-refractivity contribution in [3.8, 4) is 6.07 Å². The zero-order chi connectivity index (χ0) is 9.14. The molecule has 0 saturated heterocycles. The molecule has 0 heterocycles. The monoisotopic (exact) mass is 179 g/mol. The Bertz CT molecular complexity index is 365. The van der Waals surface area contributed by atoms with Gasteiger partial charge in [0.25, 0.3) is 0 Å². The highest BCUT2D eigenvalue weighted by Gasteiger charge is 2.01. The Balaban J connectivity index is 3.25. The fourth-order valence-electron chi connectivity index (χ4n) is 0.900. The van der Waals surface area contributed by atoms with Gasteiger partial charge in [-0.3, -0.25) is 4.21 Å². The second-order valence-corrected chi connectivity index (χ2v) is 3.92. The molecule has 1 rings (SSSR count). The lowest BCUT2D eigenvalue weighted by Gasteiger charge is -1.99. The van der Waals surface area contributed by atoms with Gasteiger partial charge in [-0.1, -0.05) is 6.07 Å². The fraction of sp³-hybridized carbons (Fsp3) is 0.222. The van der Waals surface area contributed by atoms with E-state index in [1.54, 1.807) is 18.4 Å². The van der Waals surface area contributed by atoms with Gasteiger partial charge in [-0.2, -0.15) is 5.26 Å². The minimum absolute atomic E-state index is 0.600. The van der Waals surface area contributed by atoms with Gasteiger partial charge in [0.15, 0.2) is 0 Å². The molecule has 1 atom stereocenters. The van der Waals surface area contributed by atoms with Crippen LogP contribution in [0.15, 0.2) is 23.1 Å². The Morgan fingerprint density at radius 2 is 2.17 bits per heavy atom. The molecule has 0 amide bonds. The van der Waals surface area contributed by atoms with Gasteiger partial charge in [0, 0.05) is 22.0 Å². The Labute approximate surface area is 74.3 Å². The summed E-state index contributed by atoms with van der Waals surface area (Å²) >= 11 is 0. The number of aryl methyl sites for hydroxylation is 1. The smallest absolute Gasteiger partial charge is 0.0994 e. The molecule has 0 aliphatic heterocycles. The average Bonchev–Trinajstić information content (AvgIpc) is 2.05. The Morgan fingerprint density at radius 1 is 1.50 bits per heavy atom. The maximum atomic E-state index is 11.0. The number of rotatable bonds is 1. The number of benzene rings is 1. The van der Waals surface area contributed by atoms with Gasteiger partial charge in [0.1, 0.15) is 0 Å². The van der Waals surface area contributed by atoms with Crippen molar-refractivity contribution < 1.29 is 4.21 Å². The summed E-state index contributed by atoms with van der Waals surface area (Å²) in [6.07, 6.45) is 1.60. The Hall–Kier alpha value is -1.14. The zero-order valence-electron chi connectivity index (χ0n) is 7.00. The van der Waals surface area contributed by atoms with Crippen LogP contribution in [0.4, 0.5) is 0 Å². The summed E-state index contributed by atoms with van der Waals surface area (Å²) in [5, 5.41) is 8.68. The maximum Gasteiger partial charge on any atom is 0.0994 e.